The number of H-pyrrole nitrogens is 1. The van der Waals surface area contributed by atoms with E-state index in [4.69, 9.17) is 0 Å². The Balaban J connectivity index is 1.79. The number of hydrogen-bond donors (Lipinski definition) is 2. The summed E-state index contributed by atoms with van der Waals surface area (Å²) < 4.78 is 13.0. The Hall–Kier alpha value is -2.43. The van der Waals surface area contributed by atoms with Crippen molar-refractivity contribution in [3.05, 3.63) is 54.1 Å². The number of nitrogens with zero attached hydrogens (tertiary/aromatic N) is 2. The highest BCUT2D eigenvalue weighted by molar-refractivity contribution is 5.77. The first-order chi connectivity index (χ1) is 8.81. The summed E-state index contributed by atoms with van der Waals surface area (Å²) in [6, 6.07) is 8.33. The Labute approximate surface area is 103 Å². The molecule has 5 heteroatoms. The lowest BCUT2D eigenvalue weighted by Crippen LogP contribution is -2.00. The van der Waals surface area contributed by atoms with Gasteiger partial charge in [-0.05, 0) is 35.9 Å². The minimum atomic E-state index is -0.271. The van der Waals surface area contributed by atoms with Crippen LogP contribution in [0.2, 0.25) is 0 Å². The van der Waals surface area contributed by atoms with Crippen LogP contribution in [-0.4, -0.2) is 15.0 Å². The van der Waals surface area contributed by atoms with Gasteiger partial charge in [-0.3, -0.25) is 4.98 Å². The number of aromatic amines is 1. The molecular formula is C13H11FN4. The molecule has 0 saturated carbocycles. The second kappa shape index (κ2) is 4.44. The number of imidazole rings is 1. The molecule has 0 saturated heterocycles. The Morgan fingerprint density at radius 1 is 1.17 bits per heavy atom. The quantitative estimate of drug-likeness (QED) is 0.742. The van der Waals surface area contributed by atoms with E-state index in [2.05, 4.69) is 20.3 Å². The summed E-state index contributed by atoms with van der Waals surface area (Å²) in [5.74, 6) is 0.360. The Morgan fingerprint density at radius 3 is 2.83 bits per heavy atom. The highest BCUT2D eigenvalue weighted by Gasteiger charge is 2.03. The van der Waals surface area contributed by atoms with Crippen LogP contribution >= 0.6 is 0 Å². The van der Waals surface area contributed by atoms with E-state index in [9.17, 15) is 4.39 Å². The summed E-state index contributed by atoms with van der Waals surface area (Å²) in [5, 5.41) is 3.15. The number of hydrogen-bond acceptors (Lipinski definition) is 3. The molecule has 1 aromatic carbocycles. The van der Waals surface area contributed by atoms with Crippen LogP contribution in [0.4, 0.5) is 10.3 Å². The number of benzene rings is 1. The number of anilines is 1. The first kappa shape index (κ1) is 10.7. The van der Waals surface area contributed by atoms with E-state index in [1.807, 2.05) is 12.1 Å². The number of rotatable bonds is 3. The maximum Gasteiger partial charge on any atom is 0.201 e. The summed E-state index contributed by atoms with van der Waals surface area (Å²) in [6.07, 6.45) is 3.48. The lowest BCUT2D eigenvalue weighted by molar-refractivity contribution is 0.629. The molecule has 18 heavy (non-hydrogen) atoms. The number of fused-ring (bicyclic) bond motifs is 1. The highest BCUT2D eigenvalue weighted by Crippen LogP contribution is 2.15. The van der Waals surface area contributed by atoms with Crippen molar-refractivity contribution in [2.75, 3.05) is 5.32 Å². The number of aromatic nitrogens is 3. The van der Waals surface area contributed by atoms with Crippen molar-refractivity contribution < 1.29 is 4.39 Å². The van der Waals surface area contributed by atoms with Crippen molar-refractivity contribution in [2.24, 2.45) is 0 Å². The van der Waals surface area contributed by atoms with Crippen molar-refractivity contribution in [1.29, 1.82) is 0 Å². The smallest absolute Gasteiger partial charge is 0.201 e. The van der Waals surface area contributed by atoms with Crippen LogP contribution in [0.1, 0.15) is 5.56 Å². The van der Waals surface area contributed by atoms with Gasteiger partial charge in [-0.25, -0.2) is 9.37 Å². The van der Waals surface area contributed by atoms with E-state index in [-0.39, 0.29) is 5.82 Å². The van der Waals surface area contributed by atoms with E-state index in [1.54, 1.807) is 18.5 Å². The van der Waals surface area contributed by atoms with Gasteiger partial charge in [-0.15, -0.1) is 0 Å². The standard InChI is InChI=1S/C13H11FN4/c14-10-1-2-11-12(7-10)18-13(17-11)16-8-9-3-5-15-6-4-9/h1-7H,8H2,(H2,16,17,18). The molecule has 0 aliphatic rings. The summed E-state index contributed by atoms with van der Waals surface area (Å²) in [4.78, 5) is 11.3. The lowest BCUT2D eigenvalue weighted by atomic mass is 10.3. The van der Waals surface area contributed by atoms with Gasteiger partial charge in [0.1, 0.15) is 5.82 Å². The van der Waals surface area contributed by atoms with E-state index in [0.717, 1.165) is 11.1 Å². The van der Waals surface area contributed by atoms with Gasteiger partial charge in [-0.1, -0.05) is 0 Å². The third-order valence-corrected chi connectivity index (χ3v) is 2.65. The van der Waals surface area contributed by atoms with Gasteiger partial charge in [0.05, 0.1) is 11.0 Å². The molecule has 0 fully saturated rings. The Bertz CT molecular complexity index is 663. The fourth-order valence-electron chi connectivity index (χ4n) is 1.75. The van der Waals surface area contributed by atoms with E-state index >= 15 is 0 Å². The van der Waals surface area contributed by atoms with Crippen LogP contribution in [0.3, 0.4) is 0 Å². The fraction of sp³-hybridized carbons (Fsp3) is 0.0769. The molecule has 0 spiro atoms. The molecule has 2 aromatic heterocycles. The predicted octanol–water partition coefficient (Wildman–Crippen LogP) is 2.71. The summed E-state index contributed by atoms with van der Waals surface area (Å²) in [5.41, 5.74) is 2.54. The molecular weight excluding hydrogens is 231 g/mol. The number of nitrogens with one attached hydrogen (secondary N) is 2. The van der Waals surface area contributed by atoms with Gasteiger partial charge in [0.2, 0.25) is 5.95 Å². The van der Waals surface area contributed by atoms with Crippen molar-refractivity contribution in [1.82, 2.24) is 15.0 Å². The molecule has 2 N–H and O–H groups in total. The van der Waals surface area contributed by atoms with Crippen molar-refractivity contribution in [2.45, 2.75) is 6.54 Å². The summed E-state index contributed by atoms with van der Waals surface area (Å²) in [6.45, 7) is 0.644. The molecule has 0 bridgehead atoms. The molecule has 0 aliphatic carbocycles. The summed E-state index contributed by atoms with van der Waals surface area (Å²) in [7, 11) is 0. The highest BCUT2D eigenvalue weighted by atomic mass is 19.1. The normalized spacial score (nSPS) is 10.7. The maximum atomic E-state index is 13.0. The van der Waals surface area contributed by atoms with Crippen LogP contribution in [0, 0.1) is 5.82 Å². The third kappa shape index (κ3) is 2.15. The zero-order valence-corrected chi connectivity index (χ0v) is 9.52. The van der Waals surface area contributed by atoms with Gasteiger partial charge in [0.15, 0.2) is 0 Å². The maximum absolute atomic E-state index is 13.0. The largest absolute Gasteiger partial charge is 0.352 e. The summed E-state index contributed by atoms with van der Waals surface area (Å²) >= 11 is 0. The van der Waals surface area contributed by atoms with Crippen LogP contribution in [0.15, 0.2) is 42.7 Å². The van der Waals surface area contributed by atoms with Gasteiger partial charge in [-0.2, -0.15) is 0 Å². The molecule has 2 heterocycles. The molecule has 0 unspecified atom stereocenters. The van der Waals surface area contributed by atoms with Gasteiger partial charge < -0.3 is 10.3 Å². The van der Waals surface area contributed by atoms with Crippen molar-refractivity contribution >= 4 is 17.0 Å². The minimum Gasteiger partial charge on any atom is -0.352 e. The Kier molecular flexibility index (Phi) is 2.64. The molecule has 0 radical (unpaired) electrons. The second-order valence-corrected chi connectivity index (χ2v) is 3.96. The van der Waals surface area contributed by atoms with Crippen molar-refractivity contribution in [3.63, 3.8) is 0 Å². The third-order valence-electron chi connectivity index (χ3n) is 2.65. The average Bonchev–Trinajstić information content (AvgIpc) is 2.79. The SMILES string of the molecule is Fc1ccc2nc(NCc3ccncc3)[nH]c2c1. The number of pyridine rings is 1. The van der Waals surface area contributed by atoms with E-state index in [1.165, 1.54) is 12.1 Å². The van der Waals surface area contributed by atoms with Gasteiger partial charge >= 0.3 is 0 Å². The average molecular weight is 242 g/mol. The molecule has 3 rings (SSSR count). The fourth-order valence-corrected chi connectivity index (χ4v) is 1.75. The van der Waals surface area contributed by atoms with Gasteiger partial charge in [0, 0.05) is 18.9 Å². The van der Waals surface area contributed by atoms with Gasteiger partial charge in [0.25, 0.3) is 0 Å². The first-order valence-electron chi connectivity index (χ1n) is 5.59. The molecule has 0 atom stereocenters. The van der Waals surface area contributed by atoms with E-state index < -0.39 is 0 Å². The molecule has 0 aliphatic heterocycles. The zero-order chi connectivity index (χ0) is 12.4. The van der Waals surface area contributed by atoms with Crippen LogP contribution in [-0.2, 0) is 6.54 Å². The number of halogens is 1. The topological polar surface area (TPSA) is 53.6 Å². The second-order valence-electron chi connectivity index (χ2n) is 3.96. The van der Waals surface area contributed by atoms with E-state index in [0.29, 0.717) is 18.0 Å². The lowest BCUT2D eigenvalue weighted by Gasteiger charge is -2.01. The molecule has 3 aromatic rings. The van der Waals surface area contributed by atoms with Crippen LogP contribution < -0.4 is 5.32 Å². The first-order valence-corrected chi connectivity index (χ1v) is 5.59. The molecule has 4 nitrogen and oxygen atoms in total. The monoisotopic (exact) mass is 242 g/mol. The Morgan fingerprint density at radius 2 is 2.00 bits per heavy atom. The molecule has 90 valence electrons. The minimum absolute atomic E-state index is 0.271. The van der Waals surface area contributed by atoms with Crippen LogP contribution in [0.5, 0.6) is 0 Å². The van der Waals surface area contributed by atoms with Crippen molar-refractivity contribution in [3.8, 4) is 0 Å². The van der Waals surface area contributed by atoms with Crippen LogP contribution in [0.25, 0.3) is 11.0 Å². The predicted molar refractivity (Wildman–Crippen MR) is 67.6 cm³/mol. The molecule has 0 amide bonds. The zero-order valence-electron chi connectivity index (χ0n) is 9.52.